The summed E-state index contributed by atoms with van der Waals surface area (Å²) in [4.78, 5) is 0.926. The van der Waals surface area contributed by atoms with Crippen molar-refractivity contribution in [2.75, 3.05) is 0 Å². The molecule has 0 aliphatic heterocycles. The van der Waals surface area contributed by atoms with Gasteiger partial charge in [-0.2, -0.15) is 5.26 Å². The normalized spacial score (nSPS) is 10.3. The van der Waals surface area contributed by atoms with Gasteiger partial charge in [0.15, 0.2) is 0 Å². The van der Waals surface area contributed by atoms with Gasteiger partial charge in [-0.3, -0.25) is 0 Å². The van der Waals surface area contributed by atoms with Crippen molar-refractivity contribution in [3.05, 3.63) is 78.1 Å². The molecule has 3 aromatic carbocycles. The maximum Gasteiger partial charge on any atom is 0.138 e. The number of nitrogens with zero attached hydrogens (tertiary/aromatic N) is 1. The van der Waals surface area contributed by atoms with Gasteiger partial charge in [0.25, 0.3) is 0 Å². The van der Waals surface area contributed by atoms with Crippen molar-refractivity contribution in [1.82, 2.24) is 0 Å². The first kappa shape index (κ1) is 15.3. The van der Waals surface area contributed by atoms with Gasteiger partial charge in [-0.05, 0) is 59.1 Å². The van der Waals surface area contributed by atoms with Crippen LogP contribution in [0.1, 0.15) is 5.56 Å². The van der Waals surface area contributed by atoms with Crippen molar-refractivity contribution < 1.29 is 4.39 Å². The highest BCUT2D eigenvalue weighted by atomic mass is 32.2. The fourth-order valence-corrected chi connectivity index (χ4v) is 2.84. The highest BCUT2D eigenvalue weighted by molar-refractivity contribution is 8.03. The van der Waals surface area contributed by atoms with E-state index in [-0.39, 0.29) is 5.82 Å². The molecule has 0 amide bonds. The fraction of sp³-hybridized carbons (Fsp3) is 0.0500. The lowest BCUT2D eigenvalue weighted by molar-refractivity contribution is 0.630. The molecule has 0 heterocycles. The zero-order valence-electron chi connectivity index (χ0n) is 12.6. The molecular formula is C20H14FNS. The summed E-state index contributed by atoms with van der Waals surface area (Å²) in [5.41, 5.74) is 4.53. The van der Waals surface area contributed by atoms with Crippen molar-refractivity contribution in [2.45, 2.75) is 11.8 Å². The van der Waals surface area contributed by atoms with E-state index in [4.69, 9.17) is 5.26 Å². The minimum Gasteiger partial charge on any atom is -0.206 e. The minimum absolute atomic E-state index is 0.198. The van der Waals surface area contributed by atoms with Gasteiger partial charge >= 0.3 is 0 Å². The van der Waals surface area contributed by atoms with E-state index in [1.807, 2.05) is 67.6 Å². The summed E-state index contributed by atoms with van der Waals surface area (Å²) in [5, 5.41) is 10.7. The Labute approximate surface area is 139 Å². The quantitative estimate of drug-likeness (QED) is 0.434. The number of benzene rings is 3. The van der Waals surface area contributed by atoms with Crippen molar-refractivity contribution in [2.24, 2.45) is 0 Å². The standard InChI is InChI=1S/C20H14FNS/c1-14-2-11-19(20(21)12-14)17-5-3-15(4-6-17)16-7-9-18(10-8-16)23-13-22/h2-12H,1H3. The molecule has 0 unspecified atom stereocenters. The summed E-state index contributed by atoms with van der Waals surface area (Å²) in [5.74, 6) is -0.198. The maximum atomic E-state index is 14.0. The van der Waals surface area contributed by atoms with Crippen LogP contribution in [0, 0.1) is 23.4 Å². The first-order valence-electron chi connectivity index (χ1n) is 7.20. The minimum atomic E-state index is -0.198. The van der Waals surface area contributed by atoms with Crippen LogP contribution in [0.25, 0.3) is 22.3 Å². The van der Waals surface area contributed by atoms with Crippen LogP contribution in [0.3, 0.4) is 0 Å². The van der Waals surface area contributed by atoms with Crippen molar-refractivity contribution in [3.8, 4) is 27.7 Å². The molecule has 0 atom stereocenters. The average molecular weight is 319 g/mol. The van der Waals surface area contributed by atoms with Crippen LogP contribution >= 0.6 is 11.8 Å². The predicted molar refractivity (Wildman–Crippen MR) is 93.5 cm³/mol. The molecule has 0 radical (unpaired) electrons. The largest absolute Gasteiger partial charge is 0.206 e. The van der Waals surface area contributed by atoms with E-state index in [0.717, 1.165) is 38.9 Å². The molecule has 0 N–H and O–H groups in total. The Hall–Kier alpha value is -2.57. The van der Waals surface area contributed by atoms with Crippen LogP contribution in [0.5, 0.6) is 0 Å². The second-order valence-electron chi connectivity index (χ2n) is 5.28. The van der Waals surface area contributed by atoms with E-state index in [1.165, 1.54) is 0 Å². The molecule has 0 bridgehead atoms. The Kier molecular flexibility index (Phi) is 4.45. The molecule has 0 saturated heterocycles. The van der Waals surface area contributed by atoms with Gasteiger partial charge in [0.1, 0.15) is 11.2 Å². The van der Waals surface area contributed by atoms with Crippen molar-refractivity contribution >= 4 is 11.8 Å². The first-order chi connectivity index (χ1) is 11.2. The lowest BCUT2D eigenvalue weighted by Gasteiger charge is -2.07. The zero-order chi connectivity index (χ0) is 16.2. The van der Waals surface area contributed by atoms with Gasteiger partial charge in [-0.1, -0.05) is 48.5 Å². The number of hydrogen-bond donors (Lipinski definition) is 0. The van der Waals surface area contributed by atoms with Gasteiger partial charge in [0.2, 0.25) is 0 Å². The molecule has 0 saturated carbocycles. The third-order valence-corrected chi connectivity index (χ3v) is 4.27. The molecule has 0 fully saturated rings. The number of aryl methyl sites for hydroxylation is 1. The second-order valence-corrected chi connectivity index (χ2v) is 6.14. The Morgan fingerprint density at radius 3 is 1.96 bits per heavy atom. The SMILES string of the molecule is Cc1ccc(-c2ccc(-c3ccc(SC#N)cc3)cc2)c(F)c1. The maximum absolute atomic E-state index is 14.0. The zero-order valence-corrected chi connectivity index (χ0v) is 13.4. The van der Waals surface area contributed by atoms with Gasteiger partial charge in [0, 0.05) is 10.5 Å². The Morgan fingerprint density at radius 1 is 0.826 bits per heavy atom. The monoisotopic (exact) mass is 319 g/mol. The van der Waals surface area contributed by atoms with E-state index in [0.29, 0.717) is 5.56 Å². The third kappa shape index (κ3) is 3.44. The van der Waals surface area contributed by atoms with Crippen molar-refractivity contribution in [1.29, 1.82) is 5.26 Å². The molecule has 112 valence electrons. The lowest BCUT2D eigenvalue weighted by Crippen LogP contribution is -1.86. The first-order valence-corrected chi connectivity index (χ1v) is 8.02. The number of thiocyanates is 1. The molecule has 0 aromatic heterocycles. The average Bonchev–Trinajstić information content (AvgIpc) is 2.56. The summed E-state index contributed by atoms with van der Waals surface area (Å²) in [6, 6.07) is 20.9. The molecule has 3 rings (SSSR count). The van der Waals surface area contributed by atoms with Crippen LogP contribution in [0.4, 0.5) is 4.39 Å². The van der Waals surface area contributed by atoms with Crippen LogP contribution in [0.15, 0.2) is 71.6 Å². The highest BCUT2D eigenvalue weighted by Gasteiger charge is 2.06. The van der Waals surface area contributed by atoms with E-state index in [9.17, 15) is 4.39 Å². The highest BCUT2D eigenvalue weighted by Crippen LogP contribution is 2.28. The number of nitriles is 1. The fourth-order valence-electron chi connectivity index (χ4n) is 2.46. The van der Waals surface area contributed by atoms with Gasteiger partial charge in [-0.25, -0.2) is 4.39 Å². The van der Waals surface area contributed by atoms with Gasteiger partial charge in [-0.15, -0.1) is 0 Å². The van der Waals surface area contributed by atoms with Gasteiger partial charge in [0.05, 0.1) is 0 Å². The van der Waals surface area contributed by atoms with Crippen molar-refractivity contribution in [3.63, 3.8) is 0 Å². The molecular weight excluding hydrogens is 305 g/mol. The third-order valence-electron chi connectivity index (χ3n) is 3.67. The Balaban J connectivity index is 1.88. The Morgan fingerprint density at radius 2 is 1.39 bits per heavy atom. The summed E-state index contributed by atoms with van der Waals surface area (Å²) in [6.07, 6.45) is 0. The summed E-state index contributed by atoms with van der Waals surface area (Å²) in [7, 11) is 0. The summed E-state index contributed by atoms with van der Waals surface area (Å²) in [6.45, 7) is 1.88. The van der Waals surface area contributed by atoms with Crippen LogP contribution in [-0.2, 0) is 0 Å². The molecule has 3 heteroatoms. The molecule has 23 heavy (non-hydrogen) atoms. The number of halogens is 1. The molecule has 0 aliphatic carbocycles. The topological polar surface area (TPSA) is 23.8 Å². The van der Waals surface area contributed by atoms with E-state index < -0.39 is 0 Å². The van der Waals surface area contributed by atoms with E-state index >= 15 is 0 Å². The van der Waals surface area contributed by atoms with Gasteiger partial charge < -0.3 is 0 Å². The van der Waals surface area contributed by atoms with Crippen LogP contribution < -0.4 is 0 Å². The number of rotatable bonds is 3. The van der Waals surface area contributed by atoms with Crippen LogP contribution in [-0.4, -0.2) is 0 Å². The molecule has 0 aliphatic rings. The molecule has 1 nitrogen and oxygen atoms in total. The smallest absolute Gasteiger partial charge is 0.138 e. The lowest BCUT2D eigenvalue weighted by atomic mass is 9.99. The van der Waals surface area contributed by atoms with Crippen LogP contribution in [0.2, 0.25) is 0 Å². The second kappa shape index (κ2) is 6.68. The number of hydrogen-bond acceptors (Lipinski definition) is 2. The summed E-state index contributed by atoms with van der Waals surface area (Å²) >= 11 is 1.15. The number of thioether (sulfide) groups is 1. The van der Waals surface area contributed by atoms with E-state index in [1.54, 1.807) is 6.07 Å². The molecule has 0 spiro atoms. The predicted octanol–water partition coefficient (Wildman–Crippen LogP) is 6.04. The Bertz CT molecular complexity index is 862. The summed E-state index contributed by atoms with van der Waals surface area (Å²) < 4.78 is 14.0. The molecule has 3 aromatic rings. The van der Waals surface area contributed by atoms with E-state index in [2.05, 4.69) is 5.40 Å².